The molecule has 0 bridgehead atoms. The van der Waals surface area contributed by atoms with Gasteiger partial charge >= 0.3 is 5.97 Å². The molecule has 0 saturated carbocycles. The van der Waals surface area contributed by atoms with Crippen LogP contribution < -0.4 is 10.5 Å². The number of benzene rings is 2. The van der Waals surface area contributed by atoms with Crippen LogP contribution in [0.5, 0.6) is 11.5 Å². The van der Waals surface area contributed by atoms with Crippen LogP contribution in [0, 0.1) is 0 Å². The first-order valence-corrected chi connectivity index (χ1v) is 6.46. The molecule has 1 unspecified atom stereocenters. The second-order valence-corrected chi connectivity index (χ2v) is 4.54. The second kappa shape index (κ2) is 6.10. The van der Waals surface area contributed by atoms with Crippen LogP contribution in [0.2, 0.25) is 0 Å². The topological polar surface area (TPSA) is 72.5 Å². The van der Waals surface area contributed by atoms with Crippen molar-refractivity contribution in [3.05, 3.63) is 54.1 Å². The number of carboxylic acid groups (broad SMARTS) is 1. The van der Waals surface area contributed by atoms with Crippen molar-refractivity contribution in [2.45, 2.75) is 19.3 Å². The standard InChI is InChI=1S/C16H17NO3/c1-2-15(16(18)19)11-3-7-13(8-4-11)20-14-9-5-12(17)6-10-14/h3-10,15H,2,17H2,1H3,(H,18,19). The minimum absolute atomic E-state index is 0.472. The molecule has 0 heterocycles. The van der Waals surface area contributed by atoms with Gasteiger partial charge in [0.15, 0.2) is 0 Å². The van der Waals surface area contributed by atoms with Gasteiger partial charge in [0.2, 0.25) is 0 Å². The molecular formula is C16H17NO3. The maximum atomic E-state index is 11.1. The lowest BCUT2D eigenvalue weighted by molar-refractivity contribution is -0.138. The van der Waals surface area contributed by atoms with Crippen LogP contribution in [-0.4, -0.2) is 11.1 Å². The van der Waals surface area contributed by atoms with Crippen molar-refractivity contribution in [2.75, 3.05) is 5.73 Å². The normalized spacial score (nSPS) is 11.8. The molecule has 20 heavy (non-hydrogen) atoms. The van der Waals surface area contributed by atoms with E-state index in [0.29, 0.717) is 23.6 Å². The number of aliphatic carboxylic acids is 1. The summed E-state index contributed by atoms with van der Waals surface area (Å²) in [6.07, 6.45) is 0.563. The highest BCUT2D eigenvalue weighted by Gasteiger charge is 2.17. The van der Waals surface area contributed by atoms with E-state index in [0.717, 1.165) is 5.56 Å². The van der Waals surface area contributed by atoms with E-state index >= 15 is 0 Å². The highest BCUT2D eigenvalue weighted by atomic mass is 16.5. The van der Waals surface area contributed by atoms with Crippen molar-refractivity contribution in [2.24, 2.45) is 0 Å². The van der Waals surface area contributed by atoms with Crippen molar-refractivity contribution in [3.8, 4) is 11.5 Å². The Hall–Kier alpha value is -2.49. The molecule has 0 saturated heterocycles. The lowest BCUT2D eigenvalue weighted by atomic mass is 9.97. The van der Waals surface area contributed by atoms with Gasteiger partial charge in [0.1, 0.15) is 11.5 Å². The second-order valence-electron chi connectivity index (χ2n) is 4.54. The molecule has 2 aromatic rings. The van der Waals surface area contributed by atoms with Crippen molar-refractivity contribution < 1.29 is 14.6 Å². The molecule has 0 aromatic heterocycles. The van der Waals surface area contributed by atoms with E-state index in [1.807, 2.05) is 6.92 Å². The first kappa shape index (κ1) is 13.9. The average Bonchev–Trinajstić information content (AvgIpc) is 2.44. The molecule has 0 aliphatic heterocycles. The van der Waals surface area contributed by atoms with E-state index in [4.69, 9.17) is 15.6 Å². The Kier molecular flexibility index (Phi) is 4.25. The summed E-state index contributed by atoms with van der Waals surface area (Å²) < 4.78 is 5.66. The average molecular weight is 271 g/mol. The Morgan fingerprint density at radius 2 is 1.60 bits per heavy atom. The highest BCUT2D eigenvalue weighted by Crippen LogP contribution is 2.26. The van der Waals surface area contributed by atoms with E-state index in [2.05, 4.69) is 0 Å². The predicted octanol–water partition coefficient (Wildman–Crippen LogP) is 3.64. The summed E-state index contributed by atoms with van der Waals surface area (Å²) in [5, 5.41) is 9.11. The Morgan fingerprint density at radius 3 is 2.05 bits per heavy atom. The van der Waals surface area contributed by atoms with Gasteiger partial charge in [-0.3, -0.25) is 4.79 Å². The molecule has 0 amide bonds. The van der Waals surface area contributed by atoms with Crippen LogP contribution in [-0.2, 0) is 4.79 Å². The number of hydrogen-bond donors (Lipinski definition) is 2. The molecule has 4 heteroatoms. The molecular weight excluding hydrogens is 254 g/mol. The van der Waals surface area contributed by atoms with Gasteiger partial charge in [-0.2, -0.15) is 0 Å². The van der Waals surface area contributed by atoms with Gasteiger partial charge in [-0.15, -0.1) is 0 Å². The lowest BCUT2D eigenvalue weighted by Crippen LogP contribution is -2.10. The van der Waals surface area contributed by atoms with Crippen LogP contribution in [0.15, 0.2) is 48.5 Å². The molecule has 3 N–H and O–H groups in total. The van der Waals surface area contributed by atoms with Gasteiger partial charge in [-0.1, -0.05) is 19.1 Å². The van der Waals surface area contributed by atoms with Gasteiger partial charge < -0.3 is 15.6 Å². The zero-order valence-electron chi connectivity index (χ0n) is 11.2. The summed E-state index contributed by atoms with van der Waals surface area (Å²) in [4.78, 5) is 11.1. The largest absolute Gasteiger partial charge is 0.481 e. The number of ether oxygens (including phenoxy) is 1. The first-order chi connectivity index (χ1) is 9.60. The maximum absolute atomic E-state index is 11.1. The number of hydrogen-bond acceptors (Lipinski definition) is 3. The molecule has 104 valence electrons. The van der Waals surface area contributed by atoms with Gasteiger partial charge in [-0.05, 0) is 48.4 Å². The van der Waals surface area contributed by atoms with Crippen molar-refractivity contribution in [1.82, 2.24) is 0 Å². The summed E-state index contributed by atoms with van der Waals surface area (Å²) in [6.45, 7) is 1.86. The number of carboxylic acids is 1. The Bertz CT molecular complexity index is 576. The monoisotopic (exact) mass is 271 g/mol. The van der Waals surface area contributed by atoms with Crippen molar-refractivity contribution >= 4 is 11.7 Å². The van der Waals surface area contributed by atoms with Crippen LogP contribution >= 0.6 is 0 Å². The minimum Gasteiger partial charge on any atom is -0.481 e. The summed E-state index contributed by atoms with van der Waals surface area (Å²) in [6, 6.07) is 14.2. The Balaban J connectivity index is 2.12. The molecule has 0 radical (unpaired) electrons. The summed E-state index contributed by atoms with van der Waals surface area (Å²) in [5.74, 6) is 0.0799. The number of anilines is 1. The number of carbonyl (C=O) groups is 1. The Labute approximate surface area is 117 Å². The van der Waals surface area contributed by atoms with E-state index in [1.54, 1.807) is 48.5 Å². The van der Waals surface area contributed by atoms with Gasteiger partial charge in [0.05, 0.1) is 5.92 Å². The van der Waals surface area contributed by atoms with Crippen LogP contribution in [0.4, 0.5) is 5.69 Å². The van der Waals surface area contributed by atoms with Gasteiger partial charge in [0.25, 0.3) is 0 Å². The molecule has 0 fully saturated rings. The minimum atomic E-state index is -0.806. The van der Waals surface area contributed by atoms with Crippen LogP contribution in [0.3, 0.4) is 0 Å². The third-order valence-corrected chi connectivity index (χ3v) is 3.10. The Morgan fingerprint density at radius 1 is 1.10 bits per heavy atom. The molecule has 1 atom stereocenters. The highest BCUT2D eigenvalue weighted by molar-refractivity contribution is 5.76. The lowest BCUT2D eigenvalue weighted by Gasteiger charge is -2.11. The zero-order chi connectivity index (χ0) is 14.5. The molecule has 0 spiro atoms. The van der Waals surface area contributed by atoms with Crippen molar-refractivity contribution in [1.29, 1.82) is 0 Å². The SMILES string of the molecule is CCC(C(=O)O)c1ccc(Oc2ccc(N)cc2)cc1. The molecule has 2 aromatic carbocycles. The molecule has 2 rings (SSSR count). The predicted molar refractivity (Wildman–Crippen MR) is 78.0 cm³/mol. The van der Waals surface area contributed by atoms with E-state index in [1.165, 1.54) is 0 Å². The first-order valence-electron chi connectivity index (χ1n) is 6.46. The summed E-state index contributed by atoms with van der Waals surface area (Å²) in [7, 11) is 0. The number of rotatable bonds is 5. The van der Waals surface area contributed by atoms with Gasteiger partial charge in [0, 0.05) is 5.69 Å². The maximum Gasteiger partial charge on any atom is 0.310 e. The summed E-state index contributed by atoms with van der Waals surface area (Å²) >= 11 is 0. The molecule has 4 nitrogen and oxygen atoms in total. The van der Waals surface area contributed by atoms with E-state index in [-0.39, 0.29) is 0 Å². The summed E-state index contributed by atoms with van der Waals surface area (Å²) in [5.41, 5.74) is 7.07. The van der Waals surface area contributed by atoms with Crippen molar-refractivity contribution in [3.63, 3.8) is 0 Å². The zero-order valence-corrected chi connectivity index (χ0v) is 11.2. The smallest absolute Gasteiger partial charge is 0.310 e. The molecule has 0 aliphatic carbocycles. The molecule has 0 aliphatic rings. The van der Waals surface area contributed by atoms with Crippen LogP contribution in [0.1, 0.15) is 24.8 Å². The fourth-order valence-electron chi connectivity index (χ4n) is 1.99. The fraction of sp³-hybridized carbons (Fsp3) is 0.188. The number of nitrogen functional groups attached to an aromatic ring is 1. The third-order valence-electron chi connectivity index (χ3n) is 3.10. The quantitative estimate of drug-likeness (QED) is 0.814. The van der Waals surface area contributed by atoms with E-state index < -0.39 is 11.9 Å². The van der Waals surface area contributed by atoms with Gasteiger partial charge in [-0.25, -0.2) is 0 Å². The third kappa shape index (κ3) is 3.29. The van der Waals surface area contributed by atoms with Crippen LogP contribution in [0.25, 0.3) is 0 Å². The number of nitrogens with two attached hydrogens (primary N) is 1. The van der Waals surface area contributed by atoms with E-state index in [9.17, 15) is 4.79 Å². The fourth-order valence-corrected chi connectivity index (χ4v) is 1.99.